The van der Waals surface area contributed by atoms with Crippen LogP contribution in [-0.4, -0.2) is 0 Å². The molecule has 0 heterocycles. The van der Waals surface area contributed by atoms with Gasteiger partial charge >= 0.3 is 0 Å². The van der Waals surface area contributed by atoms with E-state index in [0.29, 0.717) is 0 Å². The number of hydrogen-bond donors (Lipinski definition) is 0. The molecule has 0 saturated heterocycles. The normalized spacial score (nSPS) is 13.3. The monoisotopic (exact) mass is 644 g/mol. The zero-order valence-corrected chi connectivity index (χ0v) is 28.0. The highest BCUT2D eigenvalue weighted by molar-refractivity contribution is 6.18. The Bertz CT molecular complexity index is 2770. The Morgan fingerprint density at radius 3 is 1.49 bits per heavy atom. The zero-order valence-electron chi connectivity index (χ0n) is 28.0. The van der Waals surface area contributed by atoms with Crippen molar-refractivity contribution in [3.63, 3.8) is 0 Å². The highest BCUT2D eigenvalue weighted by atomic mass is 14.5. The Kier molecular flexibility index (Phi) is 5.97. The molecule has 51 heavy (non-hydrogen) atoms. The van der Waals surface area contributed by atoms with Crippen molar-refractivity contribution < 1.29 is 0 Å². The summed E-state index contributed by atoms with van der Waals surface area (Å²) in [6, 6.07) is 72.3. The van der Waals surface area contributed by atoms with Crippen molar-refractivity contribution in [3.05, 3.63) is 216 Å². The van der Waals surface area contributed by atoms with E-state index in [4.69, 9.17) is 0 Å². The van der Waals surface area contributed by atoms with Crippen molar-refractivity contribution in [3.8, 4) is 55.6 Å². The van der Waals surface area contributed by atoms with Crippen LogP contribution in [0.15, 0.2) is 194 Å². The summed E-state index contributed by atoms with van der Waals surface area (Å²) in [5, 5.41) is 5.18. The Morgan fingerprint density at radius 1 is 0.275 bits per heavy atom. The second-order valence-corrected chi connectivity index (χ2v) is 14.0. The highest BCUT2D eigenvalue weighted by Gasteiger charge is 2.46. The molecule has 0 aromatic heterocycles. The van der Waals surface area contributed by atoms with Crippen LogP contribution >= 0.6 is 0 Å². The van der Waals surface area contributed by atoms with Gasteiger partial charge in [0.05, 0.1) is 5.41 Å². The fourth-order valence-electron chi connectivity index (χ4n) is 9.28. The fraction of sp³-hybridized carbons (Fsp3) is 0.0196. The van der Waals surface area contributed by atoms with E-state index in [1.54, 1.807) is 0 Å². The quantitative estimate of drug-likeness (QED) is 0.179. The second kappa shape index (κ2) is 10.7. The van der Waals surface area contributed by atoms with E-state index in [2.05, 4.69) is 194 Å². The Labute approximate surface area is 297 Å². The predicted octanol–water partition coefficient (Wildman–Crippen LogP) is 13.3. The molecule has 2 aliphatic rings. The lowest BCUT2D eigenvalue weighted by atomic mass is 9.67. The lowest BCUT2D eigenvalue weighted by molar-refractivity contribution is 0.769. The van der Waals surface area contributed by atoms with Crippen molar-refractivity contribution in [2.45, 2.75) is 5.41 Å². The van der Waals surface area contributed by atoms with Crippen molar-refractivity contribution >= 4 is 21.5 Å². The van der Waals surface area contributed by atoms with Crippen molar-refractivity contribution in [1.29, 1.82) is 0 Å². The summed E-state index contributed by atoms with van der Waals surface area (Å²) in [6.07, 6.45) is 0. The third-order valence-corrected chi connectivity index (χ3v) is 11.5. The maximum atomic E-state index is 2.45. The zero-order chi connectivity index (χ0) is 33.5. The van der Waals surface area contributed by atoms with Crippen molar-refractivity contribution in [1.82, 2.24) is 0 Å². The molecule has 0 radical (unpaired) electrons. The second-order valence-electron chi connectivity index (χ2n) is 14.0. The van der Waals surface area contributed by atoms with Gasteiger partial charge in [0, 0.05) is 0 Å². The molecule has 11 rings (SSSR count). The molecule has 0 amide bonds. The SMILES string of the molecule is c1ccc(C2(c3ccccc3)c3ccccc3-c3ccc(-c4ccc5cc(-c6ccc7c8c(cccc68)-c6ccccc6-7)ccc5c4)cc32)cc1. The molecule has 0 spiro atoms. The summed E-state index contributed by atoms with van der Waals surface area (Å²) >= 11 is 0. The van der Waals surface area contributed by atoms with Gasteiger partial charge in [-0.05, 0) is 118 Å². The maximum Gasteiger partial charge on any atom is 0.0713 e. The molecule has 0 heteroatoms. The van der Waals surface area contributed by atoms with Crippen LogP contribution in [0, 0.1) is 0 Å². The van der Waals surface area contributed by atoms with E-state index < -0.39 is 5.41 Å². The topological polar surface area (TPSA) is 0 Å². The molecule has 9 aromatic carbocycles. The van der Waals surface area contributed by atoms with Crippen LogP contribution in [0.5, 0.6) is 0 Å². The number of rotatable bonds is 4. The molecule has 9 aromatic rings. The van der Waals surface area contributed by atoms with Crippen molar-refractivity contribution in [2.75, 3.05) is 0 Å². The first-order valence-corrected chi connectivity index (χ1v) is 17.8. The predicted molar refractivity (Wildman–Crippen MR) is 214 cm³/mol. The van der Waals surface area contributed by atoms with Crippen LogP contribution < -0.4 is 0 Å². The largest absolute Gasteiger partial charge is 0.0713 e. The van der Waals surface area contributed by atoms with Crippen LogP contribution in [0.1, 0.15) is 22.3 Å². The lowest BCUT2D eigenvalue weighted by Crippen LogP contribution is -2.28. The molecule has 2 aliphatic carbocycles. The van der Waals surface area contributed by atoms with E-state index >= 15 is 0 Å². The van der Waals surface area contributed by atoms with Gasteiger partial charge in [-0.3, -0.25) is 0 Å². The molecule has 0 fully saturated rings. The summed E-state index contributed by atoms with van der Waals surface area (Å²) in [5.74, 6) is 0. The summed E-state index contributed by atoms with van der Waals surface area (Å²) in [6.45, 7) is 0. The first-order valence-electron chi connectivity index (χ1n) is 17.8. The molecular weight excluding hydrogens is 613 g/mol. The lowest BCUT2D eigenvalue weighted by Gasteiger charge is -2.34. The number of fused-ring (bicyclic) bond motifs is 7. The maximum absolute atomic E-state index is 2.45. The Balaban J connectivity index is 1.04. The minimum absolute atomic E-state index is 0.406. The van der Waals surface area contributed by atoms with Gasteiger partial charge in [-0.25, -0.2) is 0 Å². The first kappa shape index (κ1) is 28.3. The van der Waals surface area contributed by atoms with E-state index in [-0.39, 0.29) is 0 Å². The fourth-order valence-corrected chi connectivity index (χ4v) is 9.28. The average molecular weight is 645 g/mol. The molecule has 0 bridgehead atoms. The number of benzene rings is 9. The van der Waals surface area contributed by atoms with Gasteiger partial charge in [0.15, 0.2) is 0 Å². The van der Waals surface area contributed by atoms with Crippen molar-refractivity contribution in [2.24, 2.45) is 0 Å². The van der Waals surface area contributed by atoms with E-state index in [1.165, 1.54) is 99.4 Å². The van der Waals surface area contributed by atoms with Gasteiger partial charge in [0.25, 0.3) is 0 Å². The molecule has 0 atom stereocenters. The van der Waals surface area contributed by atoms with E-state index in [9.17, 15) is 0 Å². The minimum Gasteiger partial charge on any atom is -0.0622 e. The smallest absolute Gasteiger partial charge is 0.0622 e. The van der Waals surface area contributed by atoms with Crippen LogP contribution in [0.3, 0.4) is 0 Å². The first-order chi connectivity index (χ1) is 25.3. The van der Waals surface area contributed by atoms with Crippen LogP contribution in [0.4, 0.5) is 0 Å². The average Bonchev–Trinajstić information content (AvgIpc) is 3.70. The summed E-state index contributed by atoms with van der Waals surface area (Å²) in [4.78, 5) is 0. The van der Waals surface area contributed by atoms with Gasteiger partial charge in [-0.2, -0.15) is 0 Å². The molecule has 0 N–H and O–H groups in total. The van der Waals surface area contributed by atoms with Gasteiger partial charge < -0.3 is 0 Å². The minimum atomic E-state index is -0.406. The Hall–Kier alpha value is -6.50. The highest BCUT2D eigenvalue weighted by Crippen LogP contribution is 2.57. The standard InChI is InChI=1S/C51H32/c1-3-12-38(13-4-1)51(39-14-5-2-6-15-39)48-21-10-9-18-43(48)44-27-26-36(32-49(44)51)34-22-23-35-31-37(25-24-33(35)30-34)40-28-29-47-42-17-8-7-16-41(42)46-20-11-19-45(40)50(46)47/h1-32H. The van der Waals surface area contributed by atoms with E-state index in [0.717, 1.165) is 0 Å². The van der Waals surface area contributed by atoms with Crippen LogP contribution in [0.25, 0.3) is 77.2 Å². The van der Waals surface area contributed by atoms with Gasteiger partial charge in [0.1, 0.15) is 0 Å². The third-order valence-electron chi connectivity index (χ3n) is 11.5. The molecular formula is C51H32. The Morgan fingerprint density at radius 2 is 0.765 bits per heavy atom. The van der Waals surface area contributed by atoms with Crippen LogP contribution in [0.2, 0.25) is 0 Å². The molecule has 236 valence electrons. The van der Waals surface area contributed by atoms with Crippen LogP contribution in [-0.2, 0) is 5.41 Å². The summed E-state index contributed by atoms with van der Waals surface area (Å²) in [5.41, 5.74) is 17.8. The molecule has 0 nitrogen and oxygen atoms in total. The molecule has 0 unspecified atom stereocenters. The molecule has 0 aliphatic heterocycles. The summed E-state index contributed by atoms with van der Waals surface area (Å²) < 4.78 is 0. The van der Waals surface area contributed by atoms with Gasteiger partial charge in [0.2, 0.25) is 0 Å². The third kappa shape index (κ3) is 3.96. The van der Waals surface area contributed by atoms with Gasteiger partial charge in [-0.15, -0.1) is 0 Å². The molecule has 0 saturated carbocycles. The number of hydrogen-bond acceptors (Lipinski definition) is 0. The van der Waals surface area contributed by atoms with Gasteiger partial charge in [-0.1, -0.05) is 176 Å². The summed E-state index contributed by atoms with van der Waals surface area (Å²) in [7, 11) is 0. The van der Waals surface area contributed by atoms with E-state index in [1.807, 2.05) is 0 Å².